The first-order valence-electron chi connectivity index (χ1n) is 5.83. The smallest absolute Gasteiger partial charge is 0.148 e. The number of nitrogens with zero attached hydrogens (tertiary/aromatic N) is 2. The molecule has 0 aromatic carbocycles. The van der Waals surface area contributed by atoms with Crippen LogP contribution in [0.1, 0.15) is 36.9 Å². The van der Waals surface area contributed by atoms with Crippen molar-refractivity contribution >= 4 is 0 Å². The minimum absolute atomic E-state index is 0.268. The lowest BCUT2D eigenvalue weighted by Gasteiger charge is -2.15. The fraction of sp³-hybridized carbons (Fsp3) is 0.538. The fourth-order valence-corrected chi connectivity index (χ4v) is 2.12. The van der Waals surface area contributed by atoms with Crippen LogP contribution in [-0.4, -0.2) is 12.1 Å². The predicted octanol–water partition coefficient (Wildman–Crippen LogP) is 2.81. The number of pyridine rings is 1. The van der Waals surface area contributed by atoms with Gasteiger partial charge in [-0.1, -0.05) is 6.92 Å². The Labute approximate surface area is 100 Å². The Hall–Kier alpha value is -1.63. The highest BCUT2D eigenvalue weighted by Crippen LogP contribution is 2.44. The Bertz CT molecular complexity index is 463. The van der Waals surface area contributed by atoms with Crippen LogP contribution in [0.5, 0.6) is 5.75 Å². The van der Waals surface area contributed by atoms with E-state index in [2.05, 4.69) is 11.1 Å². The van der Waals surface area contributed by atoms with E-state index in [9.17, 15) is 9.65 Å². The van der Waals surface area contributed by atoms with Crippen LogP contribution in [0.4, 0.5) is 4.39 Å². The van der Waals surface area contributed by atoms with Gasteiger partial charge in [0.05, 0.1) is 25.3 Å². The molecule has 0 bridgehead atoms. The van der Waals surface area contributed by atoms with E-state index in [0.717, 1.165) is 12.8 Å². The zero-order valence-electron chi connectivity index (χ0n) is 10.0. The molecule has 1 aliphatic rings. The highest BCUT2D eigenvalue weighted by molar-refractivity contribution is 5.42. The van der Waals surface area contributed by atoms with Crippen molar-refractivity contribution in [3.63, 3.8) is 0 Å². The van der Waals surface area contributed by atoms with Crippen LogP contribution < -0.4 is 4.74 Å². The molecule has 17 heavy (non-hydrogen) atoms. The summed E-state index contributed by atoms with van der Waals surface area (Å²) in [6.07, 6.45) is 3.82. The molecule has 1 heterocycles. The van der Waals surface area contributed by atoms with Crippen LogP contribution in [0, 0.1) is 23.1 Å². The van der Waals surface area contributed by atoms with E-state index < -0.39 is 0 Å². The number of rotatable bonds is 4. The van der Waals surface area contributed by atoms with Gasteiger partial charge in [0.1, 0.15) is 17.3 Å². The molecule has 0 aliphatic heterocycles. The van der Waals surface area contributed by atoms with Crippen molar-refractivity contribution in [1.82, 2.24) is 4.98 Å². The molecule has 1 aromatic rings. The van der Waals surface area contributed by atoms with Crippen LogP contribution in [0.2, 0.25) is 0 Å². The quantitative estimate of drug-likeness (QED) is 0.804. The van der Waals surface area contributed by atoms with Crippen molar-refractivity contribution in [1.29, 1.82) is 5.26 Å². The number of halogens is 1. The van der Waals surface area contributed by atoms with E-state index in [0.29, 0.717) is 29.3 Å². The predicted molar refractivity (Wildman–Crippen MR) is 61.2 cm³/mol. The Morgan fingerprint density at radius 3 is 2.82 bits per heavy atom. The molecule has 0 saturated heterocycles. The molecule has 4 heteroatoms. The number of nitriles is 1. The first-order valence-corrected chi connectivity index (χ1v) is 5.83. The molecular formula is C13H15FN2O. The highest BCUT2D eigenvalue weighted by atomic mass is 19.1. The summed E-state index contributed by atoms with van der Waals surface area (Å²) in [5.74, 6) is 0.180. The lowest BCUT2D eigenvalue weighted by molar-refractivity contribution is 0.392. The summed E-state index contributed by atoms with van der Waals surface area (Å²) in [5.41, 5.74) is 1.11. The third-order valence-corrected chi connectivity index (χ3v) is 3.20. The van der Waals surface area contributed by atoms with Crippen LogP contribution in [0.3, 0.4) is 0 Å². The minimum Gasteiger partial charge on any atom is -0.494 e. The van der Waals surface area contributed by atoms with Gasteiger partial charge in [-0.15, -0.1) is 0 Å². The molecule has 1 fully saturated rings. The molecule has 1 aromatic heterocycles. The van der Waals surface area contributed by atoms with E-state index in [1.165, 1.54) is 13.3 Å². The summed E-state index contributed by atoms with van der Waals surface area (Å²) >= 11 is 0. The van der Waals surface area contributed by atoms with Crippen LogP contribution in [-0.2, 0) is 6.42 Å². The standard InChI is InChI=1S/C13H15FN2O/c1-3-9-11(14)7-16-12(13(9)17-2)10(6-15)8-4-5-8/h7-8,10H,3-5H2,1-2H3. The molecule has 1 aliphatic carbocycles. The number of hydrogen-bond acceptors (Lipinski definition) is 3. The largest absolute Gasteiger partial charge is 0.494 e. The number of hydrogen-bond donors (Lipinski definition) is 0. The van der Waals surface area contributed by atoms with Gasteiger partial charge in [0.25, 0.3) is 0 Å². The number of aromatic nitrogens is 1. The van der Waals surface area contributed by atoms with Crippen molar-refractivity contribution in [2.24, 2.45) is 5.92 Å². The molecular weight excluding hydrogens is 219 g/mol. The van der Waals surface area contributed by atoms with Crippen molar-refractivity contribution in [2.45, 2.75) is 32.1 Å². The van der Waals surface area contributed by atoms with Gasteiger partial charge < -0.3 is 4.74 Å². The lowest BCUT2D eigenvalue weighted by Crippen LogP contribution is -2.08. The van der Waals surface area contributed by atoms with Gasteiger partial charge >= 0.3 is 0 Å². The van der Waals surface area contributed by atoms with Crippen LogP contribution in [0.15, 0.2) is 6.20 Å². The molecule has 0 amide bonds. The maximum atomic E-state index is 13.6. The van der Waals surface area contributed by atoms with Crippen molar-refractivity contribution in [2.75, 3.05) is 7.11 Å². The van der Waals surface area contributed by atoms with Gasteiger partial charge in [0.15, 0.2) is 0 Å². The second kappa shape index (κ2) is 4.70. The van der Waals surface area contributed by atoms with Gasteiger partial charge in [-0.2, -0.15) is 5.26 Å². The summed E-state index contributed by atoms with van der Waals surface area (Å²) in [4.78, 5) is 4.07. The van der Waals surface area contributed by atoms with Crippen LogP contribution >= 0.6 is 0 Å². The lowest BCUT2D eigenvalue weighted by atomic mass is 9.97. The second-order valence-corrected chi connectivity index (χ2v) is 4.30. The molecule has 1 saturated carbocycles. The first-order chi connectivity index (χ1) is 8.22. The Kier molecular flexibility index (Phi) is 3.28. The van der Waals surface area contributed by atoms with Gasteiger partial charge in [0, 0.05) is 5.56 Å². The summed E-state index contributed by atoms with van der Waals surface area (Å²) in [7, 11) is 1.50. The number of methoxy groups -OCH3 is 1. The van der Waals surface area contributed by atoms with Crippen molar-refractivity contribution < 1.29 is 9.13 Å². The maximum absolute atomic E-state index is 13.6. The fourth-order valence-electron chi connectivity index (χ4n) is 2.12. The molecule has 0 radical (unpaired) electrons. The molecule has 0 spiro atoms. The summed E-state index contributed by atoms with van der Waals surface area (Å²) in [5, 5.41) is 9.20. The highest BCUT2D eigenvalue weighted by Gasteiger charge is 2.36. The van der Waals surface area contributed by atoms with Crippen LogP contribution in [0.25, 0.3) is 0 Å². The van der Waals surface area contributed by atoms with Gasteiger partial charge in [-0.05, 0) is 25.2 Å². The Morgan fingerprint density at radius 2 is 2.35 bits per heavy atom. The zero-order valence-corrected chi connectivity index (χ0v) is 10.0. The molecule has 1 unspecified atom stereocenters. The van der Waals surface area contributed by atoms with Crippen molar-refractivity contribution in [3.05, 3.63) is 23.3 Å². The normalized spacial score (nSPS) is 16.4. The molecule has 3 nitrogen and oxygen atoms in total. The van der Waals surface area contributed by atoms with Gasteiger partial charge in [-0.25, -0.2) is 4.39 Å². The molecule has 1 atom stereocenters. The topological polar surface area (TPSA) is 45.9 Å². The van der Waals surface area contributed by atoms with E-state index in [4.69, 9.17) is 4.74 Å². The summed E-state index contributed by atoms with van der Waals surface area (Å²) in [6.45, 7) is 1.86. The van der Waals surface area contributed by atoms with Crippen molar-refractivity contribution in [3.8, 4) is 11.8 Å². The molecule has 0 N–H and O–H groups in total. The number of ether oxygens (including phenoxy) is 1. The average molecular weight is 234 g/mol. The Morgan fingerprint density at radius 1 is 1.65 bits per heavy atom. The van der Waals surface area contributed by atoms with E-state index in [1.54, 1.807) is 0 Å². The van der Waals surface area contributed by atoms with E-state index >= 15 is 0 Å². The third kappa shape index (κ3) is 2.10. The third-order valence-electron chi connectivity index (χ3n) is 3.20. The maximum Gasteiger partial charge on any atom is 0.148 e. The van der Waals surface area contributed by atoms with E-state index in [-0.39, 0.29) is 11.7 Å². The average Bonchev–Trinajstić information content (AvgIpc) is 3.15. The zero-order chi connectivity index (χ0) is 12.4. The molecule has 2 rings (SSSR count). The second-order valence-electron chi connectivity index (χ2n) is 4.30. The first kappa shape index (κ1) is 11.8. The summed E-state index contributed by atoms with van der Waals surface area (Å²) in [6, 6.07) is 2.26. The molecule has 90 valence electrons. The summed E-state index contributed by atoms with van der Waals surface area (Å²) < 4.78 is 18.8. The van der Waals surface area contributed by atoms with E-state index in [1.807, 2.05) is 6.92 Å². The SMILES string of the molecule is CCc1c(F)cnc(C(C#N)C2CC2)c1OC. The van der Waals surface area contributed by atoms with Gasteiger partial charge in [-0.3, -0.25) is 4.98 Å². The van der Waals surface area contributed by atoms with Gasteiger partial charge in [0.2, 0.25) is 0 Å². The minimum atomic E-state index is -0.361. The monoisotopic (exact) mass is 234 g/mol. The Balaban J connectivity index is 2.49.